The lowest BCUT2D eigenvalue weighted by Gasteiger charge is -2.11. The summed E-state index contributed by atoms with van der Waals surface area (Å²) in [6.45, 7) is 0.362. The largest absolute Gasteiger partial charge is 0.381 e. The first kappa shape index (κ1) is 27.2. The number of sulfonamides is 1. The second-order valence-electron chi connectivity index (χ2n) is 8.47. The molecular weight excluding hydrogens is 586 g/mol. The quantitative estimate of drug-likeness (QED) is 0.253. The fourth-order valence-electron chi connectivity index (χ4n) is 3.86. The second kappa shape index (κ2) is 10.7. The number of anilines is 1. The first-order valence-electron chi connectivity index (χ1n) is 11.4. The van der Waals surface area contributed by atoms with Gasteiger partial charge in [0.25, 0.3) is 21.5 Å². The molecule has 14 heteroatoms. The highest BCUT2D eigenvalue weighted by Crippen LogP contribution is 2.25. The number of carbonyl (C=O) groups excluding carboxylic acids is 1. The van der Waals surface area contributed by atoms with E-state index in [1.165, 1.54) is 36.4 Å². The molecule has 0 unspecified atom stereocenters. The number of aromatic nitrogens is 2. The van der Waals surface area contributed by atoms with Crippen LogP contribution in [0.2, 0.25) is 4.34 Å². The Hall–Kier alpha value is -4.33. The molecule has 0 aliphatic carbocycles. The number of aromatic amines is 1. The van der Waals surface area contributed by atoms with Gasteiger partial charge in [-0.3, -0.25) is 9.59 Å². The van der Waals surface area contributed by atoms with Crippen LogP contribution in [0.1, 0.15) is 15.9 Å². The number of hydrogen-bond donors (Lipinski definition) is 3. The molecule has 0 fully saturated rings. The molecule has 0 aliphatic heterocycles. The molecule has 0 atom stereocenters. The van der Waals surface area contributed by atoms with Crippen molar-refractivity contribution in [2.45, 2.75) is 10.8 Å². The van der Waals surface area contributed by atoms with Gasteiger partial charge in [0, 0.05) is 17.8 Å². The third-order valence-corrected chi connectivity index (χ3v) is 8.85. The number of hydrogen-bond acceptors (Lipinski definition) is 7. The molecule has 204 valence electrons. The van der Waals surface area contributed by atoms with Gasteiger partial charge >= 0.3 is 5.69 Å². The van der Waals surface area contributed by atoms with E-state index in [0.29, 0.717) is 16.8 Å². The molecule has 5 aromatic rings. The molecule has 0 saturated carbocycles. The van der Waals surface area contributed by atoms with E-state index < -0.39 is 38.7 Å². The summed E-state index contributed by atoms with van der Waals surface area (Å²) in [6, 6.07) is 15.9. The second-order valence-corrected chi connectivity index (χ2v) is 12.1. The van der Waals surface area contributed by atoms with E-state index in [2.05, 4.69) is 10.3 Å². The summed E-state index contributed by atoms with van der Waals surface area (Å²) in [6.07, 6.45) is 0. The van der Waals surface area contributed by atoms with Gasteiger partial charge in [0.15, 0.2) is 0 Å². The minimum Gasteiger partial charge on any atom is -0.381 e. The van der Waals surface area contributed by atoms with Crippen LogP contribution in [0.4, 0.5) is 14.5 Å². The molecule has 0 bridgehead atoms. The van der Waals surface area contributed by atoms with Crippen LogP contribution >= 0.6 is 22.9 Å². The standard InChI is InChI=1S/C26H17ClF2N4O5S2/c27-22-9-10-23(39-22)40(37,38)32-24(34)15-3-8-21(19(29)11-15)33-25(35)18-7-6-17(12-20(18)31-26(33)36)30-13-14-1-4-16(28)5-2-14/h1-12,30H,13H2,(H,31,36)(H,32,34). The van der Waals surface area contributed by atoms with Gasteiger partial charge in [-0.05, 0) is 66.2 Å². The van der Waals surface area contributed by atoms with Gasteiger partial charge in [0.1, 0.15) is 15.8 Å². The minimum atomic E-state index is -4.24. The van der Waals surface area contributed by atoms with Gasteiger partial charge in [-0.2, -0.15) is 0 Å². The maximum atomic E-state index is 15.1. The van der Waals surface area contributed by atoms with E-state index in [-0.39, 0.29) is 30.8 Å². The van der Waals surface area contributed by atoms with Gasteiger partial charge in [0.05, 0.1) is 20.9 Å². The first-order valence-corrected chi connectivity index (χ1v) is 14.1. The Morgan fingerprint density at radius 3 is 2.40 bits per heavy atom. The van der Waals surface area contributed by atoms with Crippen molar-refractivity contribution in [2.75, 3.05) is 5.32 Å². The van der Waals surface area contributed by atoms with Crippen molar-refractivity contribution >= 4 is 55.5 Å². The van der Waals surface area contributed by atoms with Gasteiger partial charge in [-0.25, -0.2) is 31.3 Å². The van der Waals surface area contributed by atoms with Crippen LogP contribution in [0.5, 0.6) is 0 Å². The zero-order valence-electron chi connectivity index (χ0n) is 20.1. The van der Waals surface area contributed by atoms with Gasteiger partial charge < -0.3 is 10.3 Å². The maximum Gasteiger partial charge on any atom is 0.333 e. The summed E-state index contributed by atoms with van der Waals surface area (Å²) in [5.74, 6) is -2.57. The van der Waals surface area contributed by atoms with Gasteiger partial charge in [-0.15, -0.1) is 11.3 Å². The number of carbonyl (C=O) groups is 1. The third kappa shape index (κ3) is 5.52. The summed E-state index contributed by atoms with van der Waals surface area (Å²) >= 11 is 6.49. The number of thiophene rings is 1. The van der Waals surface area contributed by atoms with E-state index in [4.69, 9.17) is 11.6 Å². The highest BCUT2D eigenvalue weighted by molar-refractivity contribution is 7.92. The summed E-state index contributed by atoms with van der Waals surface area (Å²) in [4.78, 5) is 41.0. The molecule has 3 aromatic carbocycles. The number of nitrogens with one attached hydrogen (secondary N) is 3. The summed E-state index contributed by atoms with van der Waals surface area (Å²) < 4.78 is 55.3. The maximum absolute atomic E-state index is 15.1. The molecule has 0 radical (unpaired) electrons. The van der Waals surface area contributed by atoms with Crippen molar-refractivity contribution in [3.05, 3.63) is 121 Å². The molecular formula is C26H17ClF2N4O5S2. The minimum absolute atomic E-state index is 0.0915. The van der Waals surface area contributed by atoms with Crippen molar-refractivity contribution in [1.29, 1.82) is 0 Å². The number of amides is 1. The summed E-state index contributed by atoms with van der Waals surface area (Å²) in [7, 11) is -4.24. The van der Waals surface area contributed by atoms with Crippen LogP contribution in [0, 0.1) is 11.6 Å². The molecule has 40 heavy (non-hydrogen) atoms. The van der Waals surface area contributed by atoms with Crippen molar-refractivity contribution < 1.29 is 22.0 Å². The monoisotopic (exact) mass is 602 g/mol. The molecule has 0 saturated heterocycles. The zero-order valence-corrected chi connectivity index (χ0v) is 22.5. The summed E-state index contributed by atoms with van der Waals surface area (Å²) in [5.41, 5.74) is -0.938. The number of H-pyrrole nitrogens is 1. The number of fused-ring (bicyclic) bond motifs is 1. The van der Waals surface area contributed by atoms with Crippen LogP contribution in [-0.2, 0) is 16.6 Å². The van der Waals surface area contributed by atoms with Crippen molar-refractivity contribution in [3.63, 3.8) is 0 Å². The highest BCUT2D eigenvalue weighted by Gasteiger charge is 2.22. The van der Waals surface area contributed by atoms with Crippen molar-refractivity contribution in [3.8, 4) is 5.69 Å². The highest BCUT2D eigenvalue weighted by atomic mass is 35.5. The number of halogens is 3. The van der Waals surface area contributed by atoms with E-state index >= 15 is 4.39 Å². The Morgan fingerprint density at radius 2 is 1.73 bits per heavy atom. The molecule has 2 heterocycles. The van der Waals surface area contributed by atoms with Crippen LogP contribution < -0.4 is 21.3 Å². The molecule has 0 aliphatic rings. The van der Waals surface area contributed by atoms with Crippen LogP contribution in [-0.4, -0.2) is 23.9 Å². The summed E-state index contributed by atoms with van der Waals surface area (Å²) in [5, 5.41) is 3.20. The molecule has 5 rings (SSSR count). The Labute approximate surface area is 233 Å². The SMILES string of the molecule is O=C(NS(=O)(=O)c1ccc(Cl)s1)c1ccc(-n2c(=O)[nH]c3cc(NCc4ccc(F)cc4)ccc3c2=O)c(F)c1. The van der Waals surface area contributed by atoms with Crippen LogP contribution in [0.15, 0.2) is 86.6 Å². The fraction of sp³-hybridized carbons (Fsp3) is 0.0385. The van der Waals surface area contributed by atoms with E-state index in [1.807, 2.05) is 4.72 Å². The predicted octanol–water partition coefficient (Wildman–Crippen LogP) is 4.40. The molecule has 2 aromatic heterocycles. The Kier molecular flexibility index (Phi) is 7.27. The number of nitrogens with zero attached hydrogens (tertiary/aromatic N) is 1. The Balaban J connectivity index is 1.41. The molecule has 1 amide bonds. The molecule has 9 nitrogen and oxygen atoms in total. The predicted molar refractivity (Wildman–Crippen MR) is 148 cm³/mol. The Bertz CT molecular complexity index is 2000. The lowest BCUT2D eigenvalue weighted by molar-refractivity contribution is 0.0981. The van der Waals surface area contributed by atoms with Crippen LogP contribution in [0.25, 0.3) is 16.6 Å². The molecule has 3 N–H and O–H groups in total. The lowest BCUT2D eigenvalue weighted by Crippen LogP contribution is -2.34. The van der Waals surface area contributed by atoms with Gasteiger partial charge in [0.2, 0.25) is 0 Å². The normalized spacial score (nSPS) is 11.5. The van der Waals surface area contributed by atoms with E-state index in [1.54, 1.807) is 18.2 Å². The van der Waals surface area contributed by atoms with Crippen LogP contribution in [0.3, 0.4) is 0 Å². The van der Waals surface area contributed by atoms with Crippen molar-refractivity contribution in [1.82, 2.24) is 14.3 Å². The average molecular weight is 603 g/mol. The lowest BCUT2D eigenvalue weighted by atomic mass is 10.1. The van der Waals surface area contributed by atoms with E-state index in [9.17, 15) is 27.2 Å². The zero-order chi connectivity index (χ0) is 28.6. The van der Waals surface area contributed by atoms with E-state index in [0.717, 1.165) is 35.1 Å². The van der Waals surface area contributed by atoms with Gasteiger partial charge in [-0.1, -0.05) is 23.7 Å². The first-order chi connectivity index (χ1) is 19.0. The number of rotatable bonds is 7. The molecule has 0 spiro atoms. The average Bonchev–Trinajstić information content (AvgIpc) is 3.36. The Morgan fingerprint density at radius 1 is 0.975 bits per heavy atom. The third-order valence-electron chi connectivity index (χ3n) is 5.80. The smallest absolute Gasteiger partial charge is 0.333 e. The number of benzene rings is 3. The van der Waals surface area contributed by atoms with Crippen molar-refractivity contribution in [2.24, 2.45) is 0 Å². The fourth-order valence-corrected chi connectivity index (χ4v) is 6.31. The topological polar surface area (TPSA) is 130 Å².